The molecule has 2 aliphatic rings. The molecule has 0 bridgehead atoms. The van der Waals surface area contributed by atoms with Crippen LogP contribution in [-0.2, 0) is 16.0 Å². The molecular weight excluding hydrogens is 342 g/mol. The third kappa shape index (κ3) is 6.24. The average molecular weight is 376 g/mol. The summed E-state index contributed by atoms with van der Waals surface area (Å²) in [4.78, 5) is 26.1. The molecule has 1 fully saturated rings. The lowest BCUT2D eigenvalue weighted by Crippen LogP contribution is -2.43. The van der Waals surface area contributed by atoms with Crippen molar-refractivity contribution in [3.63, 3.8) is 0 Å². The number of fused-ring (bicyclic) bond motifs is 1. The number of nitrogens with two attached hydrogens (primary N) is 1. The van der Waals surface area contributed by atoms with E-state index in [4.69, 9.17) is 10.5 Å². The number of likely N-dealkylation sites (tertiary alicyclic amines) is 1. The van der Waals surface area contributed by atoms with Crippen LogP contribution >= 0.6 is 0 Å². The van der Waals surface area contributed by atoms with Crippen molar-refractivity contribution in [1.29, 1.82) is 0 Å². The Morgan fingerprint density at radius 3 is 2.85 bits per heavy atom. The number of nitrogens with zero attached hydrogens (tertiary/aromatic N) is 2. The Labute approximate surface area is 162 Å². The van der Waals surface area contributed by atoms with Gasteiger partial charge in [0.25, 0.3) is 0 Å². The molecule has 1 aromatic rings. The Kier molecular flexibility index (Phi) is 8.58. The molecule has 1 saturated heterocycles. The van der Waals surface area contributed by atoms with E-state index in [2.05, 4.69) is 19.1 Å². The van der Waals surface area contributed by atoms with E-state index in [1.54, 1.807) is 16.8 Å². The number of hydrogen-bond donors (Lipinski definition) is 1. The number of rotatable bonds is 6. The summed E-state index contributed by atoms with van der Waals surface area (Å²) in [5, 5.41) is 0. The zero-order chi connectivity index (χ0) is 19.6. The highest BCUT2D eigenvalue weighted by atomic mass is 16.5. The predicted molar refractivity (Wildman–Crippen MR) is 107 cm³/mol. The molecule has 2 aliphatic heterocycles. The first-order valence-corrected chi connectivity index (χ1v) is 9.97. The van der Waals surface area contributed by atoms with E-state index in [1.165, 1.54) is 5.56 Å². The summed E-state index contributed by atoms with van der Waals surface area (Å²) in [6.07, 6.45) is 7.05. The lowest BCUT2D eigenvalue weighted by Gasteiger charge is -2.25. The zero-order valence-corrected chi connectivity index (χ0v) is 16.6. The Hall–Kier alpha value is -2.08. The third-order valence-corrected chi connectivity index (χ3v) is 5.16. The van der Waals surface area contributed by atoms with Gasteiger partial charge in [-0.15, -0.1) is 0 Å². The minimum atomic E-state index is -0.236. The number of carbonyl (C=O) groups is 2. The van der Waals surface area contributed by atoms with Gasteiger partial charge in [-0.3, -0.25) is 9.59 Å². The number of para-hydroxylation sites is 1. The predicted octanol–water partition coefficient (Wildman–Crippen LogP) is 2.20. The Morgan fingerprint density at radius 2 is 2.11 bits per heavy atom. The highest BCUT2D eigenvalue weighted by molar-refractivity contribution is 5.83. The fourth-order valence-corrected chi connectivity index (χ4v) is 3.50. The number of carbonyl (C=O) groups excluding carboxylic acids is 2. The highest BCUT2D eigenvalue weighted by Crippen LogP contribution is 2.26. The van der Waals surface area contributed by atoms with Crippen LogP contribution in [0.5, 0.6) is 5.75 Å². The summed E-state index contributed by atoms with van der Waals surface area (Å²) in [7, 11) is 1.79. The molecule has 27 heavy (non-hydrogen) atoms. The van der Waals surface area contributed by atoms with Crippen LogP contribution in [0, 0.1) is 0 Å². The lowest BCUT2D eigenvalue weighted by molar-refractivity contribution is -0.138. The molecule has 2 N–H and O–H groups in total. The Bertz CT molecular complexity index is 608. The molecule has 2 amide bonds. The van der Waals surface area contributed by atoms with Crippen LogP contribution in [0.3, 0.4) is 0 Å². The molecule has 2 atom stereocenters. The fourth-order valence-electron chi connectivity index (χ4n) is 3.50. The van der Waals surface area contributed by atoms with Crippen LogP contribution in [0.1, 0.15) is 44.6 Å². The summed E-state index contributed by atoms with van der Waals surface area (Å²) in [5.74, 6) is 1.13. The van der Waals surface area contributed by atoms with Crippen molar-refractivity contribution in [2.24, 2.45) is 5.73 Å². The molecule has 0 aromatic heterocycles. The molecule has 150 valence electrons. The SMILES string of the molecule is CN(CCCCN)C(=O)C1CCCN1C=O.C[C@H]1CCc2ccccc2O1. The van der Waals surface area contributed by atoms with Gasteiger partial charge in [-0.05, 0) is 63.6 Å². The van der Waals surface area contributed by atoms with Gasteiger partial charge in [0.15, 0.2) is 0 Å². The largest absolute Gasteiger partial charge is 0.490 e. The summed E-state index contributed by atoms with van der Waals surface area (Å²) >= 11 is 0. The molecule has 2 heterocycles. The molecule has 6 nitrogen and oxygen atoms in total. The Balaban J connectivity index is 0.000000206. The molecule has 6 heteroatoms. The second kappa shape index (κ2) is 10.9. The van der Waals surface area contributed by atoms with Crippen LogP contribution < -0.4 is 10.5 Å². The van der Waals surface area contributed by atoms with Crippen LogP contribution in [0.15, 0.2) is 24.3 Å². The standard InChI is InChI=1S/C11H21N3O2.C10H12O/c1-13(7-3-2-6-12)11(16)10-5-4-8-14(10)9-15;1-8-6-7-9-4-2-3-5-10(9)11-8/h9-10H,2-8,12H2,1H3;2-5,8H,6-7H2,1H3/t;8-/m.0/s1. The minimum Gasteiger partial charge on any atom is -0.490 e. The van der Waals surface area contributed by atoms with Crippen molar-refractivity contribution < 1.29 is 14.3 Å². The van der Waals surface area contributed by atoms with E-state index in [9.17, 15) is 9.59 Å². The number of hydrogen-bond acceptors (Lipinski definition) is 4. The highest BCUT2D eigenvalue weighted by Gasteiger charge is 2.31. The van der Waals surface area contributed by atoms with Gasteiger partial charge in [-0.2, -0.15) is 0 Å². The third-order valence-electron chi connectivity index (χ3n) is 5.16. The summed E-state index contributed by atoms with van der Waals surface area (Å²) in [6, 6.07) is 8.04. The van der Waals surface area contributed by atoms with Gasteiger partial charge in [0.2, 0.25) is 12.3 Å². The van der Waals surface area contributed by atoms with E-state index >= 15 is 0 Å². The van der Waals surface area contributed by atoms with Gasteiger partial charge >= 0.3 is 0 Å². The van der Waals surface area contributed by atoms with Crippen molar-refractivity contribution in [3.05, 3.63) is 29.8 Å². The maximum atomic E-state index is 12.0. The maximum Gasteiger partial charge on any atom is 0.245 e. The molecule has 0 spiro atoms. The first-order valence-electron chi connectivity index (χ1n) is 9.97. The van der Waals surface area contributed by atoms with Crippen LogP contribution in [-0.4, -0.2) is 60.9 Å². The van der Waals surface area contributed by atoms with Crippen LogP contribution in [0.4, 0.5) is 0 Å². The monoisotopic (exact) mass is 375 g/mol. The number of ether oxygens (including phenoxy) is 1. The van der Waals surface area contributed by atoms with Gasteiger partial charge in [0, 0.05) is 20.1 Å². The van der Waals surface area contributed by atoms with Crippen LogP contribution in [0.25, 0.3) is 0 Å². The minimum absolute atomic E-state index is 0.0571. The smallest absolute Gasteiger partial charge is 0.245 e. The van der Waals surface area contributed by atoms with Crippen molar-refractivity contribution in [2.45, 2.75) is 57.6 Å². The maximum absolute atomic E-state index is 12.0. The molecular formula is C21H33N3O3. The lowest BCUT2D eigenvalue weighted by atomic mass is 10.0. The number of likely N-dealkylation sites (N-methyl/N-ethyl adjacent to an activating group) is 1. The second-order valence-corrected chi connectivity index (χ2v) is 7.33. The van der Waals surface area contributed by atoms with Gasteiger partial charge in [-0.1, -0.05) is 18.2 Å². The molecule has 0 aliphatic carbocycles. The van der Waals surface area contributed by atoms with E-state index in [0.717, 1.165) is 57.2 Å². The first-order chi connectivity index (χ1) is 13.1. The molecule has 1 unspecified atom stereocenters. The van der Waals surface area contributed by atoms with Crippen molar-refractivity contribution in [2.75, 3.05) is 26.7 Å². The number of benzene rings is 1. The number of amides is 2. The summed E-state index contributed by atoms with van der Waals surface area (Å²) in [6.45, 7) is 4.21. The summed E-state index contributed by atoms with van der Waals surface area (Å²) in [5.41, 5.74) is 6.75. The van der Waals surface area contributed by atoms with E-state index in [0.29, 0.717) is 19.2 Å². The fraction of sp³-hybridized carbons (Fsp3) is 0.619. The van der Waals surface area contributed by atoms with Crippen LogP contribution in [0.2, 0.25) is 0 Å². The second-order valence-electron chi connectivity index (χ2n) is 7.33. The Morgan fingerprint density at radius 1 is 1.33 bits per heavy atom. The normalized spacial score (nSPS) is 20.8. The van der Waals surface area contributed by atoms with Crippen molar-refractivity contribution >= 4 is 12.3 Å². The van der Waals surface area contributed by atoms with Crippen molar-refractivity contribution in [1.82, 2.24) is 9.80 Å². The van der Waals surface area contributed by atoms with Gasteiger partial charge in [-0.25, -0.2) is 0 Å². The van der Waals surface area contributed by atoms with E-state index < -0.39 is 0 Å². The topological polar surface area (TPSA) is 75.9 Å². The molecule has 1 aromatic carbocycles. The average Bonchev–Trinajstić information content (AvgIpc) is 3.16. The number of unbranched alkanes of at least 4 members (excludes halogenated alkanes) is 1. The molecule has 0 saturated carbocycles. The van der Waals surface area contributed by atoms with Gasteiger partial charge in [0.1, 0.15) is 11.8 Å². The van der Waals surface area contributed by atoms with E-state index in [1.807, 2.05) is 12.1 Å². The van der Waals surface area contributed by atoms with Gasteiger partial charge in [0.05, 0.1) is 6.10 Å². The summed E-state index contributed by atoms with van der Waals surface area (Å²) < 4.78 is 5.63. The quantitative estimate of drug-likeness (QED) is 0.611. The van der Waals surface area contributed by atoms with Gasteiger partial charge < -0.3 is 20.3 Å². The molecule has 3 rings (SSSR count). The first kappa shape index (κ1) is 21.2. The molecule has 0 radical (unpaired) electrons. The van der Waals surface area contributed by atoms with Crippen molar-refractivity contribution in [3.8, 4) is 5.75 Å². The number of aryl methyl sites for hydroxylation is 1. The van der Waals surface area contributed by atoms with E-state index in [-0.39, 0.29) is 11.9 Å². The zero-order valence-electron chi connectivity index (χ0n) is 16.6.